The smallest absolute Gasteiger partial charge is 0.323 e. The van der Waals surface area contributed by atoms with E-state index < -0.39 is 0 Å². The average molecular weight is 226 g/mol. The lowest BCUT2D eigenvalue weighted by Gasteiger charge is -2.32. The number of rotatable bonds is 3. The summed E-state index contributed by atoms with van der Waals surface area (Å²) in [6.45, 7) is 1.77. The summed E-state index contributed by atoms with van der Waals surface area (Å²) in [5, 5.41) is 0. The molecule has 2 N–H and O–H groups in total. The summed E-state index contributed by atoms with van der Waals surface area (Å²) in [6, 6.07) is 0.499. The molecule has 1 saturated carbocycles. The zero-order chi connectivity index (χ0) is 11.5. The predicted molar refractivity (Wildman–Crippen MR) is 61.9 cm³/mol. The predicted octanol–water partition coefficient (Wildman–Crippen LogP) is 0.751. The van der Waals surface area contributed by atoms with Crippen molar-refractivity contribution in [3.05, 3.63) is 0 Å². The van der Waals surface area contributed by atoms with Gasteiger partial charge in [-0.2, -0.15) is 0 Å². The van der Waals surface area contributed by atoms with Gasteiger partial charge in [-0.25, -0.2) is 0 Å². The lowest BCUT2D eigenvalue weighted by atomic mass is 10.0. The highest BCUT2D eigenvalue weighted by molar-refractivity contribution is 5.76. The Morgan fingerprint density at radius 2 is 2.19 bits per heavy atom. The van der Waals surface area contributed by atoms with Crippen molar-refractivity contribution >= 4 is 5.97 Å². The topological polar surface area (TPSA) is 55.6 Å². The minimum absolute atomic E-state index is 0.0119. The molecule has 3 atom stereocenters. The van der Waals surface area contributed by atoms with Crippen LogP contribution < -0.4 is 5.73 Å². The van der Waals surface area contributed by atoms with Gasteiger partial charge in [-0.3, -0.25) is 9.69 Å². The number of likely N-dealkylation sites (tertiary alicyclic amines) is 1. The van der Waals surface area contributed by atoms with Gasteiger partial charge in [0.25, 0.3) is 0 Å². The Bertz CT molecular complexity index is 257. The maximum atomic E-state index is 11.7. The van der Waals surface area contributed by atoms with Crippen molar-refractivity contribution in [1.29, 1.82) is 0 Å². The van der Waals surface area contributed by atoms with Gasteiger partial charge < -0.3 is 10.5 Å². The molecule has 2 rings (SSSR count). The summed E-state index contributed by atoms with van der Waals surface area (Å²) >= 11 is 0. The molecule has 0 spiro atoms. The fourth-order valence-corrected chi connectivity index (χ4v) is 3.30. The molecule has 0 bridgehead atoms. The highest BCUT2D eigenvalue weighted by Gasteiger charge is 2.40. The summed E-state index contributed by atoms with van der Waals surface area (Å²) in [7, 11) is 1.48. The number of carbonyl (C=O) groups is 1. The molecule has 1 saturated heterocycles. The molecular formula is C12H22N2O2. The van der Waals surface area contributed by atoms with E-state index in [1.54, 1.807) is 0 Å². The number of methoxy groups -OCH3 is 1. The minimum Gasteiger partial charge on any atom is -0.468 e. The molecule has 4 heteroatoms. The summed E-state index contributed by atoms with van der Waals surface area (Å²) in [6.07, 6.45) is 5.70. The van der Waals surface area contributed by atoms with E-state index in [2.05, 4.69) is 4.90 Å². The molecule has 1 aliphatic carbocycles. The van der Waals surface area contributed by atoms with Gasteiger partial charge in [0.15, 0.2) is 0 Å². The van der Waals surface area contributed by atoms with Crippen LogP contribution >= 0.6 is 0 Å². The highest BCUT2D eigenvalue weighted by atomic mass is 16.5. The van der Waals surface area contributed by atoms with Crippen LogP contribution in [0.4, 0.5) is 0 Å². The van der Waals surface area contributed by atoms with Gasteiger partial charge in [0.1, 0.15) is 6.04 Å². The molecular weight excluding hydrogens is 204 g/mol. The Morgan fingerprint density at radius 3 is 2.88 bits per heavy atom. The molecule has 0 radical (unpaired) electrons. The molecule has 0 amide bonds. The Morgan fingerprint density at radius 1 is 1.38 bits per heavy atom. The molecule has 92 valence electrons. The van der Waals surface area contributed by atoms with E-state index in [0.717, 1.165) is 25.9 Å². The van der Waals surface area contributed by atoms with Crippen LogP contribution in [0.1, 0.15) is 32.1 Å². The van der Waals surface area contributed by atoms with E-state index >= 15 is 0 Å². The first-order chi connectivity index (χ1) is 7.77. The zero-order valence-electron chi connectivity index (χ0n) is 10.0. The summed E-state index contributed by atoms with van der Waals surface area (Å²) in [4.78, 5) is 14.0. The molecule has 3 unspecified atom stereocenters. The molecule has 4 nitrogen and oxygen atoms in total. The van der Waals surface area contributed by atoms with Crippen LogP contribution in [0.5, 0.6) is 0 Å². The van der Waals surface area contributed by atoms with E-state index in [1.165, 1.54) is 26.4 Å². The second-order valence-electron chi connectivity index (χ2n) is 4.91. The number of carbonyl (C=O) groups excluding carboxylic acids is 1. The summed E-state index contributed by atoms with van der Waals surface area (Å²) in [5.74, 6) is 0.505. The van der Waals surface area contributed by atoms with Crippen molar-refractivity contribution in [2.24, 2.45) is 11.7 Å². The van der Waals surface area contributed by atoms with Gasteiger partial charge in [0.2, 0.25) is 0 Å². The lowest BCUT2D eigenvalue weighted by Crippen LogP contribution is -2.46. The van der Waals surface area contributed by atoms with Crippen LogP contribution in [-0.4, -0.2) is 43.2 Å². The van der Waals surface area contributed by atoms with Crippen LogP contribution in [0.15, 0.2) is 0 Å². The number of nitrogens with zero attached hydrogens (tertiary/aromatic N) is 1. The third kappa shape index (κ3) is 2.09. The normalized spacial score (nSPS) is 35.5. The van der Waals surface area contributed by atoms with Crippen LogP contribution in [0.2, 0.25) is 0 Å². The van der Waals surface area contributed by atoms with Gasteiger partial charge >= 0.3 is 5.97 Å². The standard InChI is InChI=1S/C12H22N2O2/c1-16-12(15)11-6-3-7-14(11)10-5-2-4-9(10)8-13/h9-11H,2-8,13H2,1H3. The molecule has 0 aromatic carbocycles. The number of ether oxygens (including phenoxy) is 1. The monoisotopic (exact) mass is 226 g/mol. The van der Waals surface area contributed by atoms with E-state index in [0.29, 0.717) is 12.0 Å². The average Bonchev–Trinajstić information content (AvgIpc) is 2.94. The SMILES string of the molecule is COC(=O)C1CCCN1C1CCCC1CN. The van der Waals surface area contributed by atoms with E-state index in [4.69, 9.17) is 10.5 Å². The van der Waals surface area contributed by atoms with Gasteiger partial charge in [0, 0.05) is 6.04 Å². The third-order valence-electron chi connectivity index (χ3n) is 4.12. The highest BCUT2D eigenvalue weighted by Crippen LogP contribution is 2.34. The Kier molecular flexibility index (Phi) is 3.82. The third-order valence-corrected chi connectivity index (χ3v) is 4.12. The van der Waals surface area contributed by atoms with Gasteiger partial charge in [-0.05, 0) is 44.7 Å². The molecule has 16 heavy (non-hydrogen) atoms. The molecule has 1 aliphatic heterocycles. The summed E-state index contributed by atoms with van der Waals surface area (Å²) < 4.78 is 4.88. The van der Waals surface area contributed by atoms with Crippen LogP contribution in [-0.2, 0) is 9.53 Å². The van der Waals surface area contributed by atoms with Gasteiger partial charge in [-0.1, -0.05) is 6.42 Å². The van der Waals surface area contributed by atoms with Crippen molar-refractivity contribution in [3.63, 3.8) is 0 Å². The van der Waals surface area contributed by atoms with E-state index in [9.17, 15) is 4.79 Å². The quantitative estimate of drug-likeness (QED) is 0.722. The first-order valence-electron chi connectivity index (χ1n) is 6.31. The maximum absolute atomic E-state index is 11.7. The van der Waals surface area contributed by atoms with Crippen molar-refractivity contribution in [3.8, 4) is 0 Å². The van der Waals surface area contributed by atoms with E-state index in [1.807, 2.05) is 0 Å². The fourth-order valence-electron chi connectivity index (χ4n) is 3.30. The number of nitrogens with two attached hydrogens (primary N) is 1. The lowest BCUT2D eigenvalue weighted by molar-refractivity contribution is -0.146. The van der Waals surface area contributed by atoms with Crippen LogP contribution in [0.3, 0.4) is 0 Å². The molecule has 2 aliphatic rings. The van der Waals surface area contributed by atoms with Crippen molar-refractivity contribution in [1.82, 2.24) is 4.90 Å². The maximum Gasteiger partial charge on any atom is 0.323 e. The van der Waals surface area contributed by atoms with Crippen molar-refractivity contribution in [2.75, 3.05) is 20.2 Å². The number of esters is 1. The molecule has 0 aromatic heterocycles. The molecule has 2 fully saturated rings. The van der Waals surface area contributed by atoms with Gasteiger partial charge in [0.05, 0.1) is 7.11 Å². The van der Waals surface area contributed by atoms with E-state index in [-0.39, 0.29) is 12.0 Å². The molecule has 1 heterocycles. The van der Waals surface area contributed by atoms with Crippen LogP contribution in [0, 0.1) is 5.92 Å². The number of hydrogen-bond acceptors (Lipinski definition) is 4. The first kappa shape index (κ1) is 11.9. The second kappa shape index (κ2) is 5.15. The minimum atomic E-state index is -0.0693. The zero-order valence-corrected chi connectivity index (χ0v) is 10.0. The fraction of sp³-hybridized carbons (Fsp3) is 0.917. The second-order valence-corrected chi connectivity index (χ2v) is 4.91. The van der Waals surface area contributed by atoms with Crippen LogP contribution in [0.25, 0.3) is 0 Å². The Hall–Kier alpha value is -0.610. The van der Waals surface area contributed by atoms with Crippen molar-refractivity contribution < 1.29 is 9.53 Å². The number of hydrogen-bond donors (Lipinski definition) is 1. The first-order valence-corrected chi connectivity index (χ1v) is 6.31. The van der Waals surface area contributed by atoms with Crippen molar-refractivity contribution in [2.45, 2.75) is 44.2 Å². The van der Waals surface area contributed by atoms with Gasteiger partial charge in [-0.15, -0.1) is 0 Å². The molecule has 0 aromatic rings. The Balaban J connectivity index is 2.04. The summed E-state index contributed by atoms with van der Waals surface area (Å²) in [5.41, 5.74) is 5.80. The Labute approximate surface area is 97.1 Å². The largest absolute Gasteiger partial charge is 0.468 e.